The van der Waals surface area contributed by atoms with Crippen molar-refractivity contribution in [3.63, 3.8) is 0 Å². The van der Waals surface area contributed by atoms with Gasteiger partial charge < -0.3 is 47.2 Å². The lowest BCUT2D eigenvalue weighted by Gasteiger charge is -2.29. The van der Waals surface area contributed by atoms with Crippen molar-refractivity contribution in [2.45, 2.75) is 90.1 Å². The summed E-state index contributed by atoms with van der Waals surface area (Å²) in [6, 6.07) is -8.41. The topological polar surface area (TPSA) is 286 Å². The van der Waals surface area contributed by atoms with Gasteiger partial charge in [0.15, 0.2) is 0 Å². The maximum Gasteiger partial charge on any atom is 0.327 e. The van der Waals surface area contributed by atoms with E-state index in [9.17, 15) is 48.3 Å². The normalized spacial score (nSPS) is 14.7. The van der Waals surface area contributed by atoms with Gasteiger partial charge in [-0.15, -0.1) is 0 Å². The molecule has 0 aromatic rings. The summed E-state index contributed by atoms with van der Waals surface area (Å²) in [6.45, 7) is 7.32. The van der Waals surface area contributed by atoms with Gasteiger partial charge in [0.05, 0.1) is 6.42 Å². The number of nitrogens with one attached hydrogen (secondary N) is 6. The van der Waals surface area contributed by atoms with Crippen LogP contribution in [0.2, 0.25) is 0 Å². The van der Waals surface area contributed by atoms with Crippen LogP contribution in [0.1, 0.15) is 53.9 Å². The third-order valence-corrected chi connectivity index (χ3v) is 7.19. The lowest BCUT2D eigenvalue weighted by atomic mass is 9.99. The fraction of sp³-hybridized carbons (Fsp3) is 0.667. The molecule has 0 aliphatic rings. The van der Waals surface area contributed by atoms with Gasteiger partial charge >= 0.3 is 17.9 Å². The fourth-order valence-corrected chi connectivity index (χ4v) is 4.42. The van der Waals surface area contributed by atoms with E-state index in [0.717, 1.165) is 6.92 Å². The predicted molar refractivity (Wildman–Crippen MR) is 171 cm³/mol. The quantitative estimate of drug-likeness (QED) is 0.0553. The Morgan fingerprint density at radius 3 is 1.34 bits per heavy atom. The first-order valence-electron chi connectivity index (χ1n) is 14.4. The number of carboxylic acid groups (broad SMARTS) is 3. The molecule has 47 heavy (non-hydrogen) atoms. The van der Waals surface area contributed by atoms with Gasteiger partial charge in [0.2, 0.25) is 35.4 Å². The van der Waals surface area contributed by atoms with Crippen LogP contribution in [0.5, 0.6) is 0 Å². The molecule has 18 nitrogen and oxygen atoms in total. The standard InChI is InChI=1S/C27H44N6O12S2/c1-11(2)20(25(42)30-16(9-46)24(41)31-17(10-47)27(44)45)33-26(43)21(12(3)4)32-23(40)15(8-19(37)38)29-22(39)14(28-13(5)34)6-7-18(35)36/h11-12,14-17,20-21,46-47H,6-10H2,1-5H3,(H,28,34)(H,29,39)(H,30,42)(H,31,41)(H,32,40)(H,33,43)(H,35,36)(H,37,38)(H,44,45)/t14-,15-,16-,17-,20-,21-/m0/s1. The minimum absolute atomic E-state index is 0.223. The Labute approximate surface area is 282 Å². The summed E-state index contributed by atoms with van der Waals surface area (Å²) in [5, 5.41) is 41.4. The van der Waals surface area contributed by atoms with Crippen molar-refractivity contribution in [1.82, 2.24) is 31.9 Å². The van der Waals surface area contributed by atoms with E-state index in [2.05, 4.69) is 57.2 Å². The lowest BCUT2D eigenvalue weighted by molar-refractivity contribution is -0.142. The Morgan fingerprint density at radius 1 is 0.532 bits per heavy atom. The highest BCUT2D eigenvalue weighted by Crippen LogP contribution is 2.09. The molecule has 0 fully saturated rings. The summed E-state index contributed by atoms with van der Waals surface area (Å²) in [6.07, 6.45) is -1.81. The zero-order valence-electron chi connectivity index (χ0n) is 26.6. The van der Waals surface area contributed by atoms with Gasteiger partial charge in [-0.25, -0.2) is 4.79 Å². The van der Waals surface area contributed by atoms with E-state index in [-0.39, 0.29) is 17.9 Å². The molecule has 0 aromatic heterocycles. The summed E-state index contributed by atoms with van der Waals surface area (Å²) in [4.78, 5) is 110. The molecule has 9 N–H and O–H groups in total. The average Bonchev–Trinajstić information content (AvgIpc) is 2.96. The highest BCUT2D eigenvalue weighted by atomic mass is 32.1. The number of hydrogen-bond acceptors (Lipinski definition) is 11. The molecular weight excluding hydrogens is 664 g/mol. The second-order valence-electron chi connectivity index (χ2n) is 11.1. The Kier molecular flexibility index (Phi) is 19.1. The van der Waals surface area contributed by atoms with Crippen LogP contribution in [0.25, 0.3) is 0 Å². The Balaban J connectivity index is 5.91. The summed E-state index contributed by atoms with van der Waals surface area (Å²) in [5.74, 6) is -11.1. The van der Waals surface area contributed by atoms with Crippen LogP contribution in [0.4, 0.5) is 0 Å². The van der Waals surface area contributed by atoms with E-state index in [1.807, 2.05) is 0 Å². The van der Waals surface area contributed by atoms with E-state index >= 15 is 0 Å². The van der Waals surface area contributed by atoms with Gasteiger partial charge in [0.1, 0.15) is 36.3 Å². The van der Waals surface area contributed by atoms with Gasteiger partial charge in [-0.3, -0.25) is 38.4 Å². The smallest absolute Gasteiger partial charge is 0.327 e. The molecule has 0 radical (unpaired) electrons. The first-order chi connectivity index (χ1) is 21.7. The summed E-state index contributed by atoms with van der Waals surface area (Å²) >= 11 is 7.91. The fourth-order valence-electron chi connectivity index (χ4n) is 3.92. The molecule has 6 atom stereocenters. The van der Waals surface area contributed by atoms with E-state index in [1.165, 1.54) is 0 Å². The monoisotopic (exact) mass is 708 g/mol. The van der Waals surface area contributed by atoms with Crippen LogP contribution in [-0.4, -0.2) is 116 Å². The minimum Gasteiger partial charge on any atom is -0.481 e. The van der Waals surface area contributed by atoms with Crippen LogP contribution in [-0.2, 0) is 43.2 Å². The molecule has 0 saturated carbocycles. The lowest BCUT2D eigenvalue weighted by Crippen LogP contribution is -2.61. The molecule has 0 saturated heterocycles. The van der Waals surface area contributed by atoms with Gasteiger partial charge in [0, 0.05) is 24.9 Å². The Bertz CT molecular complexity index is 1180. The third-order valence-electron chi connectivity index (χ3n) is 6.46. The van der Waals surface area contributed by atoms with Crippen molar-refractivity contribution in [3.8, 4) is 0 Å². The van der Waals surface area contributed by atoms with E-state index < -0.39 is 114 Å². The maximum atomic E-state index is 13.4. The first-order valence-corrected chi connectivity index (χ1v) is 15.7. The van der Waals surface area contributed by atoms with Gasteiger partial charge in [-0.2, -0.15) is 25.3 Å². The van der Waals surface area contributed by atoms with E-state index in [0.29, 0.717) is 0 Å². The molecule has 6 amide bonds. The van der Waals surface area contributed by atoms with Crippen LogP contribution >= 0.6 is 25.3 Å². The number of carboxylic acids is 3. The maximum absolute atomic E-state index is 13.4. The van der Waals surface area contributed by atoms with Gasteiger partial charge in [-0.05, 0) is 18.3 Å². The summed E-state index contributed by atoms with van der Waals surface area (Å²) < 4.78 is 0. The van der Waals surface area contributed by atoms with Gasteiger partial charge in [0.25, 0.3) is 0 Å². The minimum atomic E-state index is -1.75. The average molecular weight is 709 g/mol. The Hall–Kier alpha value is -4.07. The van der Waals surface area contributed by atoms with Crippen molar-refractivity contribution < 1.29 is 58.5 Å². The zero-order chi connectivity index (χ0) is 36.6. The summed E-state index contributed by atoms with van der Waals surface area (Å²) in [7, 11) is 0. The largest absolute Gasteiger partial charge is 0.481 e. The molecule has 0 unspecified atom stereocenters. The zero-order valence-corrected chi connectivity index (χ0v) is 28.4. The number of hydrogen-bond donors (Lipinski definition) is 11. The van der Waals surface area contributed by atoms with Crippen LogP contribution in [0.15, 0.2) is 0 Å². The number of carbonyl (C=O) groups is 9. The van der Waals surface area contributed by atoms with Crippen molar-refractivity contribution in [2.75, 3.05) is 11.5 Å². The van der Waals surface area contributed by atoms with Crippen molar-refractivity contribution in [2.24, 2.45) is 11.8 Å². The second-order valence-corrected chi connectivity index (χ2v) is 11.9. The number of rotatable bonds is 21. The molecule has 0 aliphatic heterocycles. The molecule has 0 aromatic carbocycles. The van der Waals surface area contributed by atoms with Crippen molar-refractivity contribution in [3.05, 3.63) is 0 Å². The highest BCUT2D eigenvalue weighted by molar-refractivity contribution is 7.80. The molecule has 0 spiro atoms. The number of thiol groups is 2. The summed E-state index contributed by atoms with van der Waals surface area (Å²) in [5.41, 5.74) is 0. The van der Waals surface area contributed by atoms with Gasteiger partial charge in [-0.1, -0.05) is 27.7 Å². The molecule has 0 aliphatic carbocycles. The van der Waals surface area contributed by atoms with Crippen molar-refractivity contribution >= 4 is 78.6 Å². The number of amides is 6. The van der Waals surface area contributed by atoms with Crippen LogP contribution in [0, 0.1) is 11.8 Å². The number of aliphatic carboxylic acids is 3. The second kappa shape index (κ2) is 20.9. The molecular formula is C27H44N6O12S2. The molecule has 266 valence electrons. The first kappa shape index (κ1) is 42.9. The predicted octanol–water partition coefficient (Wildman–Crippen LogP) is -2.49. The van der Waals surface area contributed by atoms with Crippen LogP contribution in [0.3, 0.4) is 0 Å². The molecule has 20 heteroatoms. The SMILES string of the molecule is CC(=O)N[C@@H](CCC(=O)O)C(=O)N[C@@H](CC(=O)O)C(=O)N[C@H](C(=O)N[C@H](C(=O)N[C@@H](CS)C(=O)N[C@@H](CS)C(=O)O)C(C)C)C(C)C. The molecule has 0 heterocycles. The highest BCUT2D eigenvalue weighted by Gasteiger charge is 2.35. The third kappa shape index (κ3) is 15.9. The van der Waals surface area contributed by atoms with Crippen LogP contribution < -0.4 is 31.9 Å². The van der Waals surface area contributed by atoms with Crippen molar-refractivity contribution in [1.29, 1.82) is 0 Å². The molecule has 0 rings (SSSR count). The van der Waals surface area contributed by atoms with E-state index in [1.54, 1.807) is 27.7 Å². The molecule has 0 bridgehead atoms. The number of carbonyl (C=O) groups excluding carboxylic acids is 6. The Morgan fingerprint density at radius 2 is 0.936 bits per heavy atom. The van der Waals surface area contributed by atoms with E-state index in [4.69, 9.17) is 10.2 Å².